The van der Waals surface area contributed by atoms with Crippen molar-refractivity contribution in [3.05, 3.63) is 188 Å². The summed E-state index contributed by atoms with van der Waals surface area (Å²) in [6.07, 6.45) is 0. The van der Waals surface area contributed by atoms with Gasteiger partial charge in [-0.25, -0.2) is 0 Å². The van der Waals surface area contributed by atoms with E-state index in [0.717, 1.165) is 22.7 Å². The molecule has 0 saturated carbocycles. The Kier molecular flexibility index (Phi) is 7.94. The summed E-state index contributed by atoms with van der Waals surface area (Å²) in [5, 5.41) is 0. The standard InChI is InChI=1S/C43H34N2/c1-44(39-19-9-4-10-20-39)40-27-23-35(24-28-40)36-25-29-41(30-26-36)45(42-21-11-17-37(31-42)33-13-5-2-6-14-33)43-22-12-18-38(32-43)34-15-7-3-8-16-34/h2-32H,1H3. The normalized spacial score (nSPS) is 10.8. The lowest BCUT2D eigenvalue weighted by atomic mass is 10.0. The summed E-state index contributed by atoms with van der Waals surface area (Å²) in [4.78, 5) is 4.55. The Labute approximate surface area is 266 Å². The van der Waals surface area contributed by atoms with Crippen LogP contribution in [-0.2, 0) is 0 Å². The van der Waals surface area contributed by atoms with Gasteiger partial charge >= 0.3 is 0 Å². The smallest absolute Gasteiger partial charge is 0.0467 e. The van der Waals surface area contributed by atoms with Crippen LogP contribution >= 0.6 is 0 Å². The molecule has 0 N–H and O–H groups in total. The van der Waals surface area contributed by atoms with Crippen LogP contribution < -0.4 is 9.80 Å². The highest BCUT2D eigenvalue weighted by atomic mass is 15.1. The van der Waals surface area contributed by atoms with Gasteiger partial charge < -0.3 is 9.80 Å². The highest BCUT2D eigenvalue weighted by Crippen LogP contribution is 2.39. The first-order chi connectivity index (χ1) is 22.2. The van der Waals surface area contributed by atoms with Crippen molar-refractivity contribution in [2.75, 3.05) is 16.8 Å². The molecular formula is C43H34N2. The van der Waals surface area contributed by atoms with Crippen molar-refractivity contribution in [1.82, 2.24) is 0 Å². The van der Waals surface area contributed by atoms with Crippen LogP contribution in [-0.4, -0.2) is 7.05 Å². The zero-order chi connectivity index (χ0) is 30.4. The van der Waals surface area contributed by atoms with Gasteiger partial charge in [0.1, 0.15) is 0 Å². The molecule has 0 aliphatic heterocycles. The van der Waals surface area contributed by atoms with Crippen LogP contribution in [0.3, 0.4) is 0 Å². The fraction of sp³-hybridized carbons (Fsp3) is 0.0233. The topological polar surface area (TPSA) is 6.48 Å². The number of rotatable bonds is 8. The molecule has 0 amide bonds. The Balaban J connectivity index is 1.24. The molecule has 45 heavy (non-hydrogen) atoms. The molecule has 0 heterocycles. The van der Waals surface area contributed by atoms with E-state index < -0.39 is 0 Å². The van der Waals surface area contributed by atoms with Crippen molar-refractivity contribution in [3.63, 3.8) is 0 Å². The Morgan fingerprint density at radius 2 is 0.600 bits per heavy atom. The van der Waals surface area contributed by atoms with Gasteiger partial charge in [-0.1, -0.05) is 127 Å². The molecule has 0 atom stereocenters. The molecule has 7 aromatic rings. The minimum Gasteiger partial charge on any atom is -0.345 e. The monoisotopic (exact) mass is 578 g/mol. The molecule has 216 valence electrons. The zero-order valence-electron chi connectivity index (χ0n) is 25.3. The van der Waals surface area contributed by atoms with Crippen molar-refractivity contribution >= 4 is 28.4 Å². The first kappa shape index (κ1) is 27.9. The van der Waals surface area contributed by atoms with Crippen LogP contribution in [0.1, 0.15) is 0 Å². The summed E-state index contributed by atoms with van der Waals surface area (Å²) in [6, 6.07) is 66.9. The highest BCUT2D eigenvalue weighted by molar-refractivity contribution is 5.83. The van der Waals surface area contributed by atoms with Crippen LogP contribution in [0.25, 0.3) is 33.4 Å². The second-order valence-electron chi connectivity index (χ2n) is 11.2. The van der Waals surface area contributed by atoms with Crippen molar-refractivity contribution in [1.29, 1.82) is 0 Å². The SMILES string of the molecule is CN(c1ccccc1)c1ccc(-c2ccc(N(c3cccc(-c4ccccc4)c3)c3cccc(-c4ccccc4)c3)cc2)cc1. The average Bonchev–Trinajstić information content (AvgIpc) is 3.13. The van der Waals surface area contributed by atoms with Crippen LogP contribution in [0.2, 0.25) is 0 Å². The molecule has 2 heteroatoms. The first-order valence-electron chi connectivity index (χ1n) is 15.3. The van der Waals surface area contributed by atoms with Gasteiger partial charge in [0.05, 0.1) is 0 Å². The lowest BCUT2D eigenvalue weighted by molar-refractivity contribution is 1.21. The maximum Gasteiger partial charge on any atom is 0.0467 e. The Bertz CT molecular complexity index is 1900. The number of anilines is 5. The van der Waals surface area contributed by atoms with E-state index in [-0.39, 0.29) is 0 Å². The zero-order valence-corrected chi connectivity index (χ0v) is 25.3. The predicted molar refractivity (Wildman–Crippen MR) is 192 cm³/mol. The molecule has 0 bridgehead atoms. The Morgan fingerprint density at radius 1 is 0.267 bits per heavy atom. The van der Waals surface area contributed by atoms with Crippen molar-refractivity contribution in [3.8, 4) is 33.4 Å². The molecular weight excluding hydrogens is 544 g/mol. The van der Waals surface area contributed by atoms with E-state index >= 15 is 0 Å². The molecule has 0 aliphatic rings. The number of benzene rings is 7. The summed E-state index contributed by atoms with van der Waals surface area (Å²) < 4.78 is 0. The number of para-hydroxylation sites is 1. The van der Waals surface area contributed by atoms with Gasteiger partial charge in [-0.05, 0) is 94.0 Å². The number of hydrogen-bond donors (Lipinski definition) is 0. The molecule has 0 aliphatic carbocycles. The largest absolute Gasteiger partial charge is 0.345 e. The molecule has 0 fully saturated rings. The minimum atomic E-state index is 1.11. The second kappa shape index (κ2) is 12.8. The van der Waals surface area contributed by atoms with Gasteiger partial charge in [-0.2, -0.15) is 0 Å². The molecule has 0 spiro atoms. The van der Waals surface area contributed by atoms with Crippen molar-refractivity contribution in [2.45, 2.75) is 0 Å². The molecule has 0 saturated heterocycles. The fourth-order valence-corrected chi connectivity index (χ4v) is 5.84. The molecule has 0 unspecified atom stereocenters. The summed E-state index contributed by atoms with van der Waals surface area (Å²) in [5.74, 6) is 0. The fourth-order valence-electron chi connectivity index (χ4n) is 5.84. The van der Waals surface area contributed by atoms with Gasteiger partial charge in [-0.3, -0.25) is 0 Å². The summed E-state index contributed by atoms with van der Waals surface area (Å²) >= 11 is 0. The number of hydrogen-bond acceptors (Lipinski definition) is 2. The van der Waals surface area contributed by atoms with E-state index in [1.807, 2.05) is 6.07 Å². The van der Waals surface area contributed by atoms with Gasteiger partial charge in [0.2, 0.25) is 0 Å². The third-order valence-electron chi connectivity index (χ3n) is 8.28. The lowest BCUT2D eigenvalue weighted by Gasteiger charge is -2.27. The van der Waals surface area contributed by atoms with Crippen LogP contribution in [0.4, 0.5) is 28.4 Å². The highest BCUT2D eigenvalue weighted by Gasteiger charge is 2.15. The van der Waals surface area contributed by atoms with E-state index in [1.165, 1.54) is 39.1 Å². The summed E-state index contributed by atoms with van der Waals surface area (Å²) in [7, 11) is 2.10. The van der Waals surface area contributed by atoms with Gasteiger partial charge in [0, 0.05) is 35.5 Å². The Hall–Kier alpha value is -5.86. The quantitative estimate of drug-likeness (QED) is 0.177. The van der Waals surface area contributed by atoms with Crippen molar-refractivity contribution in [2.24, 2.45) is 0 Å². The maximum absolute atomic E-state index is 2.35. The summed E-state index contributed by atoms with van der Waals surface area (Å²) in [5.41, 5.74) is 12.8. The molecule has 7 rings (SSSR count). The van der Waals surface area contributed by atoms with Crippen molar-refractivity contribution < 1.29 is 0 Å². The van der Waals surface area contributed by atoms with Gasteiger partial charge in [0.25, 0.3) is 0 Å². The summed E-state index contributed by atoms with van der Waals surface area (Å²) in [6.45, 7) is 0. The first-order valence-corrected chi connectivity index (χ1v) is 15.3. The van der Waals surface area contributed by atoms with Crippen LogP contribution in [0.15, 0.2) is 188 Å². The van der Waals surface area contributed by atoms with Gasteiger partial charge in [-0.15, -0.1) is 0 Å². The Morgan fingerprint density at radius 3 is 1.07 bits per heavy atom. The lowest BCUT2D eigenvalue weighted by Crippen LogP contribution is -2.10. The molecule has 0 aromatic heterocycles. The third kappa shape index (κ3) is 6.13. The number of nitrogens with zero attached hydrogens (tertiary/aromatic N) is 2. The van der Waals surface area contributed by atoms with E-state index in [0.29, 0.717) is 0 Å². The molecule has 2 nitrogen and oxygen atoms in total. The maximum atomic E-state index is 2.35. The average molecular weight is 579 g/mol. The van der Waals surface area contributed by atoms with E-state index in [4.69, 9.17) is 0 Å². The van der Waals surface area contributed by atoms with E-state index in [1.54, 1.807) is 0 Å². The minimum absolute atomic E-state index is 1.11. The second-order valence-corrected chi connectivity index (χ2v) is 11.2. The van der Waals surface area contributed by atoms with Crippen LogP contribution in [0.5, 0.6) is 0 Å². The predicted octanol–water partition coefficient (Wildman–Crippen LogP) is 11.9. The van der Waals surface area contributed by atoms with E-state index in [2.05, 4.69) is 199 Å². The van der Waals surface area contributed by atoms with E-state index in [9.17, 15) is 0 Å². The van der Waals surface area contributed by atoms with Gasteiger partial charge in [0.15, 0.2) is 0 Å². The third-order valence-corrected chi connectivity index (χ3v) is 8.28. The molecule has 0 radical (unpaired) electrons. The molecule has 7 aromatic carbocycles. The van der Waals surface area contributed by atoms with Crippen LogP contribution in [0, 0.1) is 0 Å².